The summed E-state index contributed by atoms with van der Waals surface area (Å²) in [5.74, 6) is -0.492. The van der Waals surface area contributed by atoms with Gasteiger partial charge in [0, 0.05) is 30.3 Å². The number of methoxy groups -OCH3 is 2. The van der Waals surface area contributed by atoms with Gasteiger partial charge in [0.25, 0.3) is 0 Å². The third-order valence-corrected chi connectivity index (χ3v) is 8.45. The van der Waals surface area contributed by atoms with Gasteiger partial charge in [-0.3, -0.25) is 9.59 Å². The van der Waals surface area contributed by atoms with Crippen molar-refractivity contribution in [2.75, 3.05) is 32.3 Å². The van der Waals surface area contributed by atoms with Crippen LogP contribution in [0.25, 0.3) is 0 Å². The van der Waals surface area contributed by atoms with Gasteiger partial charge in [-0.15, -0.1) is 0 Å². The van der Waals surface area contributed by atoms with Crippen LogP contribution in [0.1, 0.15) is 30.1 Å². The third kappa shape index (κ3) is 3.47. The van der Waals surface area contributed by atoms with E-state index < -0.39 is 32.9 Å². The van der Waals surface area contributed by atoms with E-state index in [1.807, 2.05) is 0 Å². The average Bonchev–Trinajstić information content (AvgIpc) is 3.23. The van der Waals surface area contributed by atoms with Gasteiger partial charge < -0.3 is 19.5 Å². The first-order chi connectivity index (χ1) is 14.6. The molecule has 3 atom stereocenters. The van der Waals surface area contributed by atoms with Gasteiger partial charge in [0.05, 0.1) is 25.7 Å². The van der Waals surface area contributed by atoms with Crippen molar-refractivity contribution in [2.24, 2.45) is 11.8 Å². The highest BCUT2D eigenvalue weighted by atomic mass is 35.5. The van der Waals surface area contributed by atoms with Crippen molar-refractivity contribution in [3.05, 3.63) is 28.4 Å². The van der Waals surface area contributed by atoms with Gasteiger partial charge in [0.15, 0.2) is 15.6 Å². The van der Waals surface area contributed by atoms with Crippen LogP contribution in [-0.4, -0.2) is 57.9 Å². The molecule has 1 aromatic rings. The van der Waals surface area contributed by atoms with Gasteiger partial charge in [0.2, 0.25) is 17.2 Å². The second-order valence-corrected chi connectivity index (χ2v) is 10.9. The summed E-state index contributed by atoms with van der Waals surface area (Å²) in [5, 5.41) is 3.30. The van der Waals surface area contributed by atoms with Crippen molar-refractivity contribution in [3.63, 3.8) is 0 Å². The molecule has 0 radical (unpaired) electrons. The van der Waals surface area contributed by atoms with Gasteiger partial charge >= 0.3 is 0 Å². The highest BCUT2D eigenvalue weighted by Gasteiger charge is 2.60. The van der Waals surface area contributed by atoms with Gasteiger partial charge in [-0.25, -0.2) is 8.42 Å². The summed E-state index contributed by atoms with van der Waals surface area (Å²) in [7, 11) is -0.118. The molecular formula is C21H24ClNO7S. The van der Waals surface area contributed by atoms with Crippen LogP contribution in [0.5, 0.6) is 17.2 Å². The Morgan fingerprint density at radius 1 is 1.26 bits per heavy atom. The molecule has 3 aliphatic rings. The van der Waals surface area contributed by atoms with Crippen LogP contribution >= 0.6 is 11.6 Å². The Bertz CT molecular complexity index is 1100. The molecule has 4 rings (SSSR count). The molecule has 0 amide bonds. The number of hydrogen-bond donors (Lipinski definition) is 1. The predicted octanol–water partition coefficient (Wildman–Crippen LogP) is 2.19. The molecule has 0 unspecified atom stereocenters. The van der Waals surface area contributed by atoms with Crippen molar-refractivity contribution in [3.8, 4) is 17.2 Å². The van der Waals surface area contributed by atoms with Crippen molar-refractivity contribution < 1.29 is 32.2 Å². The molecule has 2 heterocycles. The molecule has 2 aliphatic heterocycles. The number of Topliss-reactive ketones (excluding diaryl/α,β-unsaturated/α-hetero) is 1. The second-order valence-electron chi connectivity index (χ2n) is 8.25. The zero-order chi connectivity index (χ0) is 22.6. The zero-order valence-corrected chi connectivity index (χ0v) is 19.1. The van der Waals surface area contributed by atoms with Crippen molar-refractivity contribution in [2.45, 2.75) is 25.4 Å². The fourth-order valence-corrected chi connectivity index (χ4v) is 6.69. The summed E-state index contributed by atoms with van der Waals surface area (Å²) in [6.45, 7) is 2.23. The molecule has 0 aromatic heterocycles. The van der Waals surface area contributed by atoms with Gasteiger partial charge in [-0.1, -0.05) is 18.5 Å². The number of ether oxygens (including phenoxy) is 3. The summed E-state index contributed by atoms with van der Waals surface area (Å²) in [5.41, 5.74) is -0.919. The lowest BCUT2D eigenvalue weighted by molar-refractivity contribution is -0.129. The van der Waals surface area contributed by atoms with Crippen molar-refractivity contribution >= 4 is 33.0 Å². The SMILES string of the molecule is COc1cc(OC)c2c(c1Cl)O[C@@]1(C(=O)C=C(NC[C@@H]3CCS(=O)(=O)C3)C[C@H]1C)C2=O. The van der Waals surface area contributed by atoms with Crippen molar-refractivity contribution in [1.82, 2.24) is 5.32 Å². The molecule has 0 saturated carbocycles. The standard InChI is InChI=1S/C21H24ClNO7S/c1-11-6-13(23-9-12-4-5-31(26,27)10-12)7-16(24)21(11)20(25)17-14(28-2)8-15(29-3)18(22)19(17)30-21/h7-8,11-12,23H,4-6,9-10H2,1-3H3/t11-,12+,21+/m1/s1. The minimum Gasteiger partial charge on any atom is -0.496 e. The van der Waals surface area contributed by atoms with Crippen LogP contribution in [0.15, 0.2) is 17.8 Å². The smallest absolute Gasteiger partial charge is 0.236 e. The fourth-order valence-electron chi connectivity index (χ4n) is 4.56. The van der Waals surface area contributed by atoms with E-state index in [-0.39, 0.29) is 45.3 Å². The summed E-state index contributed by atoms with van der Waals surface area (Å²) in [4.78, 5) is 26.6. The second kappa shape index (κ2) is 7.70. The van der Waals surface area contributed by atoms with E-state index in [9.17, 15) is 18.0 Å². The van der Waals surface area contributed by atoms with E-state index in [1.165, 1.54) is 26.4 Å². The molecule has 31 heavy (non-hydrogen) atoms. The first-order valence-corrected chi connectivity index (χ1v) is 12.2. The van der Waals surface area contributed by atoms with E-state index in [1.54, 1.807) is 6.92 Å². The Kier molecular flexibility index (Phi) is 5.46. The Balaban J connectivity index is 1.61. The Hall–Kier alpha value is -2.26. The van der Waals surface area contributed by atoms with Crippen LogP contribution in [0, 0.1) is 11.8 Å². The lowest BCUT2D eigenvalue weighted by Gasteiger charge is -2.35. The maximum Gasteiger partial charge on any atom is 0.236 e. The van der Waals surface area contributed by atoms with Gasteiger partial charge in [-0.05, 0) is 18.8 Å². The Labute approximate surface area is 185 Å². The fraction of sp³-hybridized carbons (Fsp3) is 0.524. The predicted molar refractivity (Wildman–Crippen MR) is 114 cm³/mol. The molecule has 1 fully saturated rings. The van der Waals surface area contributed by atoms with Gasteiger partial charge in [0.1, 0.15) is 22.1 Å². The quantitative estimate of drug-likeness (QED) is 0.654. The molecule has 8 nitrogen and oxygen atoms in total. The Morgan fingerprint density at radius 2 is 1.97 bits per heavy atom. The minimum atomic E-state index is -2.97. The number of allylic oxidation sites excluding steroid dienone is 1. The van der Waals surface area contributed by atoms with E-state index in [0.29, 0.717) is 25.1 Å². The number of ketones is 2. The monoisotopic (exact) mass is 469 g/mol. The topological polar surface area (TPSA) is 108 Å². The molecule has 1 saturated heterocycles. The highest BCUT2D eigenvalue weighted by molar-refractivity contribution is 7.91. The lowest BCUT2D eigenvalue weighted by Crippen LogP contribution is -2.55. The van der Waals surface area contributed by atoms with E-state index in [2.05, 4.69) is 5.32 Å². The summed E-state index contributed by atoms with van der Waals surface area (Å²) in [6.07, 6.45) is 2.37. The Morgan fingerprint density at radius 3 is 2.55 bits per heavy atom. The number of sulfone groups is 1. The van der Waals surface area contributed by atoms with Gasteiger partial charge in [-0.2, -0.15) is 0 Å². The lowest BCUT2D eigenvalue weighted by atomic mass is 9.74. The van der Waals surface area contributed by atoms with Crippen LogP contribution in [-0.2, 0) is 14.6 Å². The van der Waals surface area contributed by atoms with Crippen LogP contribution in [0.2, 0.25) is 5.02 Å². The largest absolute Gasteiger partial charge is 0.496 e. The van der Waals surface area contributed by atoms with Crippen LogP contribution in [0.4, 0.5) is 0 Å². The molecule has 1 aliphatic carbocycles. The third-order valence-electron chi connectivity index (χ3n) is 6.25. The molecule has 1 spiro atoms. The number of nitrogens with one attached hydrogen (secondary N) is 1. The molecule has 1 aromatic carbocycles. The van der Waals surface area contributed by atoms with Crippen LogP contribution in [0.3, 0.4) is 0 Å². The van der Waals surface area contributed by atoms with E-state index in [4.69, 9.17) is 25.8 Å². The molecule has 0 bridgehead atoms. The number of benzene rings is 1. The number of hydrogen-bond acceptors (Lipinski definition) is 8. The maximum absolute atomic E-state index is 13.4. The van der Waals surface area contributed by atoms with Crippen LogP contribution < -0.4 is 19.5 Å². The summed E-state index contributed by atoms with van der Waals surface area (Å²) < 4.78 is 39.9. The zero-order valence-electron chi connectivity index (χ0n) is 17.5. The number of rotatable bonds is 5. The number of carbonyl (C=O) groups excluding carboxylic acids is 2. The molecule has 10 heteroatoms. The molecule has 168 valence electrons. The first kappa shape index (κ1) is 22.0. The first-order valence-electron chi connectivity index (χ1n) is 10.0. The number of halogens is 1. The van der Waals surface area contributed by atoms with Crippen molar-refractivity contribution in [1.29, 1.82) is 0 Å². The average molecular weight is 470 g/mol. The van der Waals surface area contributed by atoms with E-state index >= 15 is 0 Å². The number of fused-ring (bicyclic) bond motifs is 1. The molecule has 1 N–H and O–H groups in total. The normalized spacial score (nSPS) is 28.8. The minimum absolute atomic E-state index is 0.0105. The highest BCUT2D eigenvalue weighted by Crippen LogP contribution is 2.52. The molecular weight excluding hydrogens is 446 g/mol. The number of carbonyl (C=O) groups is 2. The summed E-state index contributed by atoms with van der Waals surface area (Å²) >= 11 is 6.37. The summed E-state index contributed by atoms with van der Waals surface area (Å²) in [6, 6.07) is 1.50. The van der Waals surface area contributed by atoms with E-state index in [0.717, 1.165) is 0 Å². The maximum atomic E-state index is 13.4.